The highest BCUT2D eigenvalue weighted by Crippen LogP contribution is 2.18. The summed E-state index contributed by atoms with van der Waals surface area (Å²) in [5, 5.41) is 0. The Labute approximate surface area is 108 Å². The summed E-state index contributed by atoms with van der Waals surface area (Å²) in [6, 6.07) is 7.79. The van der Waals surface area contributed by atoms with Crippen LogP contribution in [0.2, 0.25) is 0 Å². The van der Waals surface area contributed by atoms with Gasteiger partial charge in [0.2, 0.25) is 0 Å². The molecule has 1 aromatic heterocycles. The van der Waals surface area contributed by atoms with Gasteiger partial charge in [0.05, 0.1) is 11.3 Å². The van der Waals surface area contributed by atoms with Gasteiger partial charge in [-0.05, 0) is 37.3 Å². The summed E-state index contributed by atoms with van der Waals surface area (Å²) in [7, 11) is 0. The zero-order valence-electron chi connectivity index (χ0n) is 10.1. The van der Waals surface area contributed by atoms with Gasteiger partial charge in [-0.15, -0.1) is 0 Å². The Balaban J connectivity index is 2.15. The lowest BCUT2D eigenvalue weighted by Crippen LogP contribution is -2.12. The van der Waals surface area contributed by atoms with Crippen molar-refractivity contribution in [3.63, 3.8) is 0 Å². The number of hydrogen-bond acceptors (Lipinski definition) is 3. The number of rotatable bonds is 3. The first kappa shape index (κ1) is 13.1. The fraction of sp³-hybridized carbons (Fsp3) is 0.143. The molecular formula is C14H11F2NO2. The van der Waals surface area contributed by atoms with Crippen molar-refractivity contribution in [2.45, 2.75) is 13.0 Å². The van der Waals surface area contributed by atoms with E-state index in [4.69, 9.17) is 4.74 Å². The average molecular weight is 263 g/mol. The van der Waals surface area contributed by atoms with Crippen LogP contribution in [0, 0.1) is 11.6 Å². The van der Waals surface area contributed by atoms with Crippen LogP contribution in [0.4, 0.5) is 8.78 Å². The van der Waals surface area contributed by atoms with Crippen molar-refractivity contribution in [2.24, 2.45) is 0 Å². The minimum absolute atomic E-state index is 0.428. The van der Waals surface area contributed by atoms with E-state index in [2.05, 4.69) is 4.98 Å². The van der Waals surface area contributed by atoms with E-state index in [9.17, 15) is 13.6 Å². The molecule has 0 bridgehead atoms. The maximum Gasteiger partial charge on any atom is 0.341 e. The van der Waals surface area contributed by atoms with Gasteiger partial charge in [-0.3, -0.25) is 4.98 Å². The van der Waals surface area contributed by atoms with Crippen LogP contribution in [-0.4, -0.2) is 11.0 Å². The predicted molar refractivity (Wildman–Crippen MR) is 64.4 cm³/mol. The summed E-state index contributed by atoms with van der Waals surface area (Å²) in [6.07, 6.45) is 0.916. The molecule has 0 radical (unpaired) electrons. The van der Waals surface area contributed by atoms with Gasteiger partial charge in [-0.1, -0.05) is 6.07 Å². The molecule has 1 heterocycles. The second kappa shape index (κ2) is 5.56. The van der Waals surface area contributed by atoms with Crippen molar-refractivity contribution in [2.75, 3.05) is 0 Å². The third kappa shape index (κ3) is 3.13. The van der Waals surface area contributed by atoms with E-state index in [0.29, 0.717) is 5.69 Å². The molecule has 0 N–H and O–H groups in total. The molecule has 5 heteroatoms. The predicted octanol–water partition coefficient (Wildman–Crippen LogP) is 3.28. The smallest absolute Gasteiger partial charge is 0.341 e. The zero-order valence-corrected chi connectivity index (χ0v) is 10.1. The van der Waals surface area contributed by atoms with Crippen molar-refractivity contribution in [3.05, 3.63) is 65.5 Å². The topological polar surface area (TPSA) is 39.2 Å². The molecular weight excluding hydrogens is 252 g/mol. The number of pyridine rings is 1. The first-order valence-electron chi connectivity index (χ1n) is 5.65. The summed E-state index contributed by atoms with van der Waals surface area (Å²) >= 11 is 0. The number of nitrogens with zero attached hydrogens (tertiary/aromatic N) is 1. The Kier molecular flexibility index (Phi) is 3.85. The number of ether oxygens (including phenoxy) is 1. The van der Waals surface area contributed by atoms with Crippen molar-refractivity contribution in [1.29, 1.82) is 0 Å². The molecule has 98 valence electrons. The van der Waals surface area contributed by atoms with Crippen molar-refractivity contribution in [1.82, 2.24) is 4.98 Å². The van der Waals surface area contributed by atoms with Crippen molar-refractivity contribution < 1.29 is 18.3 Å². The first-order valence-corrected chi connectivity index (χ1v) is 5.65. The number of carbonyl (C=O) groups is 1. The Morgan fingerprint density at radius 3 is 2.74 bits per heavy atom. The molecule has 3 nitrogen and oxygen atoms in total. The lowest BCUT2D eigenvalue weighted by atomic mass is 10.2. The largest absolute Gasteiger partial charge is 0.452 e. The highest BCUT2D eigenvalue weighted by Gasteiger charge is 2.18. The van der Waals surface area contributed by atoms with E-state index < -0.39 is 29.3 Å². The minimum Gasteiger partial charge on any atom is -0.452 e. The molecule has 0 saturated carbocycles. The highest BCUT2D eigenvalue weighted by molar-refractivity contribution is 5.89. The van der Waals surface area contributed by atoms with Gasteiger partial charge in [-0.25, -0.2) is 13.6 Å². The SMILES string of the molecule is CC(OC(=O)c1cc(F)ccc1F)c1ccccn1. The standard InChI is InChI=1S/C14H11F2NO2/c1-9(13-4-2-3-7-17-13)19-14(18)11-8-10(15)5-6-12(11)16/h2-9H,1H3. The van der Waals surface area contributed by atoms with Crippen molar-refractivity contribution >= 4 is 5.97 Å². The lowest BCUT2D eigenvalue weighted by Gasteiger charge is -2.12. The fourth-order valence-electron chi connectivity index (χ4n) is 1.55. The maximum atomic E-state index is 13.4. The molecule has 0 spiro atoms. The van der Waals surface area contributed by atoms with E-state index >= 15 is 0 Å². The number of halogens is 2. The molecule has 0 aliphatic rings. The van der Waals surface area contributed by atoms with E-state index in [-0.39, 0.29) is 0 Å². The molecule has 19 heavy (non-hydrogen) atoms. The average Bonchev–Trinajstić information content (AvgIpc) is 2.42. The van der Waals surface area contributed by atoms with E-state index in [1.54, 1.807) is 31.3 Å². The van der Waals surface area contributed by atoms with Crippen LogP contribution in [0.5, 0.6) is 0 Å². The summed E-state index contributed by atoms with van der Waals surface area (Å²) in [4.78, 5) is 15.8. The molecule has 2 aromatic rings. The van der Waals surface area contributed by atoms with Crippen LogP contribution in [0.15, 0.2) is 42.6 Å². The lowest BCUT2D eigenvalue weighted by molar-refractivity contribution is 0.0323. The number of aromatic nitrogens is 1. The third-order valence-electron chi connectivity index (χ3n) is 2.54. The van der Waals surface area contributed by atoms with Gasteiger partial charge < -0.3 is 4.74 Å². The van der Waals surface area contributed by atoms with E-state index in [1.807, 2.05) is 0 Å². The molecule has 1 unspecified atom stereocenters. The molecule has 0 saturated heterocycles. The van der Waals surface area contributed by atoms with Gasteiger partial charge in [0, 0.05) is 6.20 Å². The van der Waals surface area contributed by atoms with E-state index in [0.717, 1.165) is 18.2 Å². The number of benzene rings is 1. The molecule has 1 atom stereocenters. The van der Waals surface area contributed by atoms with Crippen LogP contribution < -0.4 is 0 Å². The van der Waals surface area contributed by atoms with Crippen LogP contribution in [-0.2, 0) is 4.74 Å². The Morgan fingerprint density at radius 1 is 1.26 bits per heavy atom. The molecule has 1 aromatic carbocycles. The number of esters is 1. The molecule has 2 rings (SSSR count). The molecule has 0 aliphatic heterocycles. The number of hydrogen-bond donors (Lipinski definition) is 0. The Morgan fingerprint density at radius 2 is 2.05 bits per heavy atom. The molecule has 0 fully saturated rings. The van der Waals surface area contributed by atoms with Crippen LogP contribution in [0.25, 0.3) is 0 Å². The quantitative estimate of drug-likeness (QED) is 0.798. The number of carbonyl (C=O) groups excluding carboxylic acids is 1. The summed E-state index contributed by atoms with van der Waals surface area (Å²) in [5.41, 5.74) is 0.107. The third-order valence-corrected chi connectivity index (χ3v) is 2.54. The highest BCUT2D eigenvalue weighted by atomic mass is 19.1. The van der Waals surface area contributed by atoms with Crippen LogP contribution in [0.3, 0.4) is 0 Å². The molecule has 0 amide bonds. The van der Waals surface area contributed by atoms with Gasteiger partial charge in [-0.2, -0.15) is 0 Å². The fourth-order valence-corrected chi connectivity index (χ4v) is 1.55. The van der Waals surface area contributed by atoms with Crippen LogP contribution in [0.1, 0.15) is 29.1 Å². The normalized spacial score (nSPS) is 11.9. The van der Waals surface area contributed by atoms with Crippen molar-refractivity contribution in [3.8, 4) is 0 Å². The van der Waals surface area contributed by atoms with Gasteiger partial charge in [0.25, 0.3) is 0 Å². The second-order valence-electron chi connectivity index (χ2n) is 3.93. The van der Waals surface area contributed by atoms with Gasteiger partial charge in [0.1, 0.15) is 17.7 Å². The summed E-state index contributed by atoms with van der Waals surface area (Å²) < 4.78 is 31.4. The van der Waals surface area contributed by atoms with Crippen LogP contribution >= 0.6 is 0 Å². The Hall–Kier alpha value is -2.30. The Bertz CT molecular complexity index is 587. The monoisotopic (exact) mass is 263 g/mol. The zero-order chi connectivity index (χ0) is 13.8. The summed E-state index contributed by atoms with van der Waals surface area (Å²) in [6.45, 7) is 1.61. The molecule has 0 aliphatic carbocycles. The van der Waals surface area contributed by atoms with E-state index in [1.165, 1.54) is 0 Å². The van der Waals surface area contributed by atoms with Gasteiger partial charge >= 0.3 is 5.97 Å². The summed E-state index contributed by atoms with van der Waals surface area (Å²) in [5.74, 6) is -2.44. The first-order chi connectivity index (χ1) is 9.08. The minimum atomic E-state index is -0.921. The second-order valence-corrected chi connectivity index (χ2v) is 3.93. The van der Waals surface area contributed by atoms with Gasteiger partial charge in [0.15, 0.2) is 0 Å². The maximum absolute atomic E-state index is 13.4.